The van der Waals surface area contributed by atoms with E-state index in [1.165, 1.54) is 0 Å². The van der Waals surface area contributed by atoms with Gasteiger partial charge in [0, 0.05) is 54.7 Å². The van der Waals surface area contributed by atoms with E-state index in [1.807, 2.05) is 18.2 Å². The number of nitrogens with zero attached hydrogens (tertiary/aromatic N) is 2. The summed E-state index contributed by atoms with van der Waals surface area (Å²) in [6.07, 6.45) is 9.35. The van der Waals surface area contributed by atoms with E-state index in [0.717, 1.165) is 68.9 Å². The summed E-state index contributed by atoms with van der Waals surface area (Å²) in [6.45, 7) is 1.82. The molecule has 0 unspecified atom stereocenters. The van der Waals surface area contributed by atoms with Gasteiger partial charge >= 0.3 is 0 Å². The number of methoxy groups -OCH3 is 2. The average molecular weight is 727 g/mol. The number of rotatable bonds is 23. The molecule has 0 spiro atoms. The number of benzene rings is 3. The molecule has 1 aromatic heterocycles. The topological polar surface area (TPSA) is 188 Å². The van der Waals surface area contributed by atoms with Crippen LogP contribution >= 0.6 is 0 Å². The van der Waals surface area contributed by atoms with Gasteiger partial charge < -0.3 is 35.7 Å². The van der Waals surface area contributed by atoms with Crippen LogP contribution in [0.5, 0.6) is 11.5 Å². The van der Waals surface area contributed by atoms with Crippen molar-refractivity contribution in [1.82, 2.24) is 26.1 Å². The van der Waals surface area contributed by atoms with Crippen LogP contribution in [0.1, 0.15) is 107 Å². The van der Waals surface area contributed by atoms with Gasteiger partial charge in [0.25, 0.3) is 17.7 Å². The first-order chi connectivity index (χ1) is 25.8. The van der Waals surface area contributed by atoms with Crippen LogP contribution in [0.2, 0.25) is 0 Å². The molecule has 13 nitrogen and oxygen atoms in total. The Bertz CT molecular complexity index is 1770. The fourth-order valence-electron chi connectivity index (χ4n) is 5.62. The lowest BCUT2D eigenvalue weighted by Crippen LogP contribution is -2.25. The molecular weight excluding hydrogens is 676 g/mol. The monoisotopic (exact) mass is 726 g/mol. The van der Waals surface area contributed by atoms with E-state index in [0.29, 0.717) is 72.4 Å². The van der Waals surface area contributed by atoms with Gasteiger partial charge in [-0.05, 0) is 85.8 Å². The number of primary amides is 1. The molecular formula is C40H50N6O7. The zero-order valence-electron chi connectivity index (χ0n) is 30.6. The summed E-state index contributed by atoms with van der Waals surface area (Å²) in [4.78, 5) is 52.6. The van der Waals surface area contributed by atoms with Crippen LogP contribution in [0.25, 0.3) is 11.5 Å². The molecule has 0 saturated carbocycles. The van der Waals surface area contributed by atoms with Crippen LogP contribution in [0.15, 0.2) is 71.3 Å². The number of nitrogens with one attached hydrogen (secondary N) is 3. The minimum absolute atomic E-state index is 0.0783. The molecule has 5 N–H and O–H groups in total. The van der Waals surface area contributed by atoms with Crippen LogP contribution in [-0.2, 0) is 11.2 Å². The van der Waals surface area contributed by atoms with Gasteiger partial charge in [0.2, 0.25) is 11.8 Å². The zero-order chi connectivity index (χ0) is 37.8. The maximum Gasteiger partial charge on any atom is 0.258 e. The third-order valence-corrected chi connectivity index (χ3v) is 8.69. The smallest absolute Gasteiger partial charge is 0.258 e. The second-order valence-electron chi connectivity index (χ2n) is 12.7. The Balaban J connectivity index is 0.976. The number of nitrogens with two attached hydrogens (primary N) is 1. The van der Waals surface area contributed by atoms with Crippen LogP contribution < -0.4 is 31.2 Å². The van der Waals surface area contributed by atoms with Crippen molar-refractivity contribution >= 4 is 23.6 Å². The number of ether oxygens (including phenoxy) is 2. The molecule has 0 radical (unpaired) electrons. The van der Waals surface area contributed by atoms with Crippen LogP contribution in [0.4, 0.5) is 0 Å². The Morgan fingerprint density at radius 3 is 1.75 bits per heavy atom. The molecule has 53 heavy (non-hydrogen) atoms. The van der Waals surface area contributed by atoms with E-state index in [9.17, 15) is 19.2 Å². The molecule has 282 valence electrons. The van der Waals surface area contributed by atoms with Crippen LogP contribution in [0, 0.1) is 0 Å². The summed E-state index contributed by atoms with van der Waals surface area (Å²) in [5, 5.41) is 12.9. The Labute approximate surface area is 310 Å². The maximum absolute atomic E-state index is 12.6. The molecule has 0 aliphatic carbocycles. The lowest BCUT2D eigenvalue weighted by molar-refractivity contribution is -0.121. The first kappa shape index (κ1) is 40.1. The highest BCUT2D eigenvalue weighted by molar-refractivity contribution is 5.97. The Morgan fingerprint density at radius 2 is 1.17 bits per heavy atom. The SMILES string of the molecule is COc1ccc(-c2nc(Cc3ccc(C(=O)NCCCCCCCC(=O)NCCCCCCNC(=O)c4ccc(C(N)=O)cc4)cc3)no2)cc1OC. The van der Waals surface area contributed by atoms with E-state index in [4.69, 9.17) is 19.7 Å². The van der Waals surface area contributed by atoms with Crippen molar-refractivity contribution in [3.05, 3.63) is 94.8 Å². The van der Waals surface area contributed by atoms with Gasteiger partial charge in [-0.25, -0.2) is 0 Å². The van der Waals surface area contributed by atoms with Gasteiger partial charge in [-0.1, -0.05) is 49.4 Å². The van der Waals surface area contributed by atoms with Crippen molar-refractivity contribution in [1.29, 1.82) is 0 Å². The fraction of sp³-hybridized carbons (Fsp3) is 0.400. The third kappa shape index (κ3) is 13.4. The van der Waals surface area contributed by atoms with Crippen molar-refractivity contribution in [3.8, 4) is 23.0 Å². The van der Waals surface area contributed by atoms with Crippen LogP contribution in [-0.4, -0.2) is 67.6 Å². The standard InChI is InChI=1S/C40H50N6O7/c1-51-33-22-21-32(27-34(33)52-2)40-45-35(46-53-40)26-28-13-15-30(16-14-28)38(49)43-24-10-5-3-4-8-12-36(47)42-23-9-6-7-11-25-44-39(50)31-19-17-29(18-20-31)37(41)48/h13-22,27H,3-12,23-26H2,1-2H3,(H2,41,48)(H,42,47)(H,43,49)(H,44,50). The Morgan fingerprint density at radius 1 is 0.642 bits per heavy atom. The van der Waals surface area contributed by atoms with E-state index >= 15 is 0 Å². The second kappa shape index (κ2) is 21.6. The molecule has 3 aromatic carbocycles. The Kier molecular flexibility index (Phi) is 16.3. The van der Waals surface area contributed by atoms with Crippen LogP contribution in [0.3, 0.4) is 0 Å². The summed E-state index contributed by atoms with van der Waals surface area (Å²) >= 11 is 0. The minimum atomic E-state index is -0.524. The Hall–Kier alpha value is -5.72. The lowest BCUT2D eigenvalue weighted by atomic mass is 10.1. The van der Waals surface area contributed by atoms with Gasteiger partial charge in [-0.15, -0.1) is 0 Å². The molecule has 4 amide bonds. The van der Waals surface area contributed by atoms with Gasteiger partial charge in [0.05, 0.1) is 14.2 Å². The van der Waals surface area contributed by atoms with Gasteiger partial charge in [-0.2, -0.15) is 4.98 Å². The quantitative estimate of drug-likeness (QED) is 0.0704. The average Bonchev–Trinajstić information content (AvgIpc) is 3.65. The maximum atomic E-state index is 12.6. The minimum Gasteiger partial charge on any atom is -0.493 e. The second-order valence-corrected chi connectivity index (χ2v) is 12.7. The summed E-state index contributed by atoms with van der Waals surface area (Å²) in [7, 11) is 3.15. The summed E-state index contributed by atoms with van der Waals surface area (Å²) < 4.78 is 16.1. The fourth-order valence-corrected chi connectivity index (χ4v) is 5.62. The highest BCUT2D eigenvalue weighted by Crippen LogP contribution is 2.31. The largest absolute Gasteiger partial charge is 0.493 e. The number of carbonyl (C=O) groups excluding carboxylic acids is 4. The van der Waals surface area contributed by atoms with E-state index in [1.54, 1.807) is 62.8 Å². The molecule has 0 fully saturated rings. The summed E-state index contributed by atoms with van der Waals surface area (Å²) in [6, 6.07) is 19.0. The highest BCUT2D eigenvalue weighted by atomic mass is 16.5. The van der Waals surface area contributed by atoms with Crippen molar-refractivity contribution in [2.45, 2.75) is 70.6 Å². The van der Waals surface area contributed by atoms with E-state index < -0.39 is 5.91 Å². The molecule has 0 bridgehead atoms. The number of aromatic nitrogens is 2. The summed E-state index contributed by atoms with van der Waals surface area (Å²) in [5.41, 5.74) is 8.35. The number of unbranched alkanes of at least 4 members (excludes halogenated alkanes) is 7. The third-order valence-electron chi connectivity index (χ3n) is 8.69. The van der Waals surface area contributed by atoms with Gasteiger partial charge in [0.1, 0.15) is 0 Å². The highest BCUT2D eigenvalue weighted by Gasteiger charge is 2.14. The molecule has 0 aliphatic heterocycles. The summed E-state index contributed by atoms with van der Waals surface area (Å²) in [5.74, 6) is 1.37. The van der Waals surface area contributed by atoms with E-state index in [-0.39, 0.29) is 17.7 Å². The number of amides is 4. The van der Waals surface area contributed by atoms with Gasteiger partial charge in [-0.3, -0.25) is 19.2 Å². The molecule has 0 atom stereocenters. The van der Waals surface area contributed by atoms with Crippen molar-refractivity contribution < 1.29 is 33.2 Å². The number of hydrogen-bond donors (Lipinski definition) is 4. The number of carbonyl (C=O) groups is 4. The molecule has 1 heterocycles. The molecule has 13 heteroatoms. The van der Waals surface area contributed by atoms with Crippen molar-refractivity contribution in [2.75, 3.05) is 33.9 Å². The van der Waals surface area contributed by atoms with Gasteiger partial charge in [0.15, 0.2) is 17.3 Å². The van der Waals surface area contributed by atoms with E-state index in [2.05, 4.69) is 26.1 Å². The zero-order valence-corrected chi connectivity index (χ0v) is 30.6. The lowest BCUT2D eigenvalue weighted by Gasteiger charge is -2.07. The molecule has 4 aromatic rings. The predicted octanol–water partition coefficient (Wildman–Crippen LogP) is 5.62. The normalized spacial score (nSPS) is 10.8. The first-order valence-electron chi connectivity index (χ1n) is 18.1. The predicted molar refractivity (Wildman–Crippen MR) is 201 cm³/mol. The first-order valence-corrected chi connectivity index (χ1v) is 18.1. The molecule has 4 rings (SSSR count). The van der Waals surface area contributed by atoms with Crippen molar-refractivity contribution in [2.24, 2.45) is 5.73 Å². The molecule has 0 saturated heterocycles. The van der Waals surface area contributed by atoms with Crippen molar-refractivity contribution in [3.63, 3.8) is 0 Å². The number of hydrogen-bond acceptors (Lipinski definition) is 9. The molecule has 0 aliphatic rings.